The van der Waals surface area contributed by atoms with Gasteiger partial charge in [0.1, 0.15) is 0 Å². The summed E-state index contributed by atoms with van der Waals surface area (Å²) in [6.45, 7) is 4.58. The minimum absolute atomic E-state index is 0.0492. The maximum absolute atomic E-state index is 14.6. The molecule has 1 aromatic carbocycles. The summed E-state index contributed by atoms with van der Waals surface area (Å²) in [5.74, 6) is 0.143. The second-order valence-corrected chi connectivity index (χ2v) is 9.31. The highest BCUT2D eigenvalue weighted by Crippen LogP contribution is 2.32. The number of rotatable bonds is 8. The lowest BCUT2D eigenvalue weighted by Gasteiger charge is -2.38. The Morgan fingerprint density at radius 2 is 2.06 bits per heavy atom. The summed E-state index contributed by atoms with van der Waals surface area (Å²) >= 11 is 7.81. The highest BCUT2D eigenvalue weighted by atomic mass is 35.5. The Balaban J connectivity index is 1.26. The van der Waals surface area contributed by atoms with Crippen LogP contribution in [0.5, 0.6) is 5.75 Å². The highest BCUT2D eigenvalue weighted by molar-refractivity contribution is 7.13. The second kappa shape index (κ2) is 10.8. The smallest absolute Gasteiger partial charge is 0.199 e. The van der Waals surface area contributed by atoms with Crippen LogP contribution < -0.4 is 15.6 Å². The molecule has 2 aromatic rings. The van der Waals surface area contributed by atoms with Gasteiger partial charge in [-0.3, -0.25) is 10.3 Å². The number of nitrogens with one attached hydrogen (secondary N) is 2. The van der Waals surface area contributed by atoms with Gasteiger partial charge < -0.3 is 14.9 Å². The van der Waals surface area contributed by atoms with Crippen molar-refractivity contribution in [2.75, 3.05) is 50.6 Å². The summed E-state index contributed by atoms with van der Waals surface area (Å²) in [6.07, 6.45) is 6.43. The third-order valence-electron chi connectivity index (χ3n) is 5.90. The van der Waals surface area contributed by atoms with Crippen molar-refractivity contribution in [3.05, 3.63) is 34.5 Å². The minimum Gasteiger partial charge on any atom is -0.383 e. The summed E-state index contributed by atoms with van der Waals surface area (Å²) in [5.41, 5.74) is 3.50. The van der Waals surface area contributed by atoms with Crippen molar-refractivity contribution in [2.45, 2.75) is 31.7 Å². The van der Waals surface area contributed by atoms with Crippen LogP contribution in [0.4, 0.5) is 15.2 Å². The molecule has 1 saturated carbocycles. The topological polar surface area (TPSA) is 61.9 Å². The van der Waals surface area contributed by atoms with Gasteiger partial charge in [-0.15, -0.1) is 11.3 Å². The molecule has 1 aromatic heterocycles. The van der Waals surface area contributed by atoms with Crippen LogP contribution in [0.3, 0.4) is 0 Å². The largest absolute Gasteiger partial charge is 0.383 e. The van der Waals surface area contributed by atoms with E-state index in [1.807, 2.05) is 5.38 Å². The number of hydrazine groups is 1. The van der Waals surface area contributed by atoms with E-state index >= 15 is 0 Å². The van der Waals surface area contributed by atoms with Gasteiger partial charge >= 0.3 is 0 Å². The van der Waals surface area contributed by atoms with Crippen LogP contribution in [0, 0.1) is 11.7 Å². The number of hydrogen-bond donors (Lipinski definition) is 2. The van der Waals surface area contributed by atoms with Crippen LogP contribution >= 0.6 is 22.9 Å². The molecule has 2 aliphatic rings. The molecule has 2 N–H and O–H groups in total. The monoisotopic (exact) mass is 469 g/mol. The Morgan fingerprint density at radius 3 is 2.77 bits per heavy atom. The summed E-state index contributed by atoms with van der Waals surface area (Å²) in [4.78, 5) is 12.2. The molecule has 7 nitrogen and oxygen atoms in total. The van der Waals surface area contributed by atoms with Gasteiger partial charge in [-0.1, -0.05) is 16.8 Å². The number of halogens is 2. The molecule has 0 atom stereocenters. The fourth-order valence-corrected chi connectivity index (χ4v) is 5.00. The Hall–Kier alpha value is -1.65. The zero-order chi connectivity index (χ0) is 21.6. The molecule has 2 heterocycles. The summed E-state index contributed by atoms with van der Waals surface area (Å²) in [7, 11) is 1.63. The van der Waals surface area contributed by atoms with Crippen LogP contribution in [-0.4, -0.2) is 61.0 Å². The Labute approximate surface area is 191 Å². The van der Waals surface area contributed by atoms with E-state index in [1.54, 1.807) is 13.2 Å². The molecule has 2 fully saturated rings. The average molecular weight is 470 g/mol. The number of benzene rings is 1. The normalized spacial score (nSPS) is 22.5. The van der Waals surface area contributed by atoms with Crippen LogP contribution in [-0.2, 0) is 4.74 Å². The zero-order valence-electron chi connectivity index (χ0n) is 17.7. The van der Waals surface area contributed by atoms with Gasteiger partial charge in [-0.2, -0.15) is 0 Å². The van der Waals surface area contributed by atoms with E-state index in [9.17, 15) is 4.39 Å². The quantitative estimate of drug-likeness (QED) is 0.552. The Morgan fingerprint density at radius 1 is 1.29 bits per heavy atom. The molecule has 31 heavy (non-hydrogen) atoms. The van der Waals surface area contributed by atoms with Crippen LogP contribution in [0.25, 0.3) is 0 Å². The molecule has 0 amide bonds. The van der Waals surface area contributed by atoms with Crippen molar-refractivity contribution in [1.82, 2.24) is 15.1 Å². The first-order valence-electron chi connectivity index (χ1n) is 10.7. The van der Waals surface area contributed by atoms with Crippen LogP contribution in [0.2, 0.25) is 5.02 Å². The van der Waals surface area contributed by atoms with Crippen molar-refractivity contribution in [3.63, 3.8) is 0 Å². The minimum atomic E-state index is -0.476. The molecular weight excluding hydrogens is 441 g/mol. The van der Waals surface area contributed by atoms with Gasteiger partial charge in [0.25, 0.3) is 0 Å². The molecule has 0 bridgehead atoms. The van der Waals surface area contributed by atoms with Gasteiger partial charge in [0.15, 0.2) is 16.7 Å². The number of anilines is 2. The number of nitrogens with zero attached hydrogens (tertiary/aromatic N) is 3. The van der Waals surface area contributed by atoms with E-state index in [-0.39, 0.29) is 5.75 Å². The van der Waals surface area contributed by atoms with Gasteiger partial charge in [0.05, 0.1) is 23.9 Å². The number of aromatic nitrogens is 1. The van der Waals surface area contributed by atoms with Crippen LogP contribution in [0.15, 0.2) is 23.7 Å². The van der Waals surface area contributed by atoms with E-state index in [0.29, 0.717) is 27.8 Å². The lowest BCUT2D eigenvalue weighted by molar-refractivity contribution is -0.00865. The number of morpholine rings is 1. The third-order valence-corrected chi connectivity index (χ3v) is 6.89. The fourth-order valence-electron chi connectivity index (χ4n) is 4.23. The molecule has 0 radical (unpaired) electrons. The van der Waals surface area contributed by atoms with E-state index in [4.69, 9.17) is 21.2 Å². The fraction of sp³-hybridized carbons (Fsp3) is 0.571. The zero-order valence-corrected chi connectivity index (χ0v) is 19.2. The Kier molecular flexibility index (Phi) is 7.84. The number of ether oxygens (including phenoxy) is 1. The van der Waals surface area contributed by atoms with E-state index < -0.39 is 5.82 Å². The van der Waals surface area contributed by atoms with Crippen molar-refractivity contribution >= 4 is 33.8 Å². The standard InChI is InChI=1S/C21H29ClFN5O2S/c1-27(26-21-24-6-11-31-21)30-20-12-17(22)19(13-18(20)23)25-14-15-2-4-16(5-3-15)28-7-9-29-10-8-28/h6,11-13,15-16,25H,2-5,7-10,14H2,1H3,(H,24,26). The van der Waals surface area contributed by atoms with Crippen molar-refractivity contribution in [3.8, 4) is 5.75 Å². The summed E-state index contributed by atoms with van der Waals surface area (Å²) in [6, 6.07) is 3.57. The number of thiazole rings is 1. The maximum atomic E-state index is 14.6. The predicted octanol–water partition coefficient (Wildman–Crippen LogP) is 4.49. The Bertz CT molecular complexity index is 829. The molecule has 1 aliphatic carbocycles. The van der Waals surface area contributed by atoms with Crippen LogP contribution in [0.1, 0.15) is 25.7 Å². The van der Waals surface area contributed by atoms with Crippen molar-refractivity contribution in [2.24, 2.45) is 5.92 Å². The average Bonchev–Trinajstić information content (AvgIpc) is 3.29. The number of hydrogen-bond acceptors (Lipinski definition) is 8. The van der Waals surface area contributed by atoms with Crippen molar-refractivity contribution < 1.29 is 14.0 Å². The predicted molar refractivity (Wildman–Crippen MR) is 122 cm³/mol. The molecular formula is C21H29ClFN5O2S. The van der Waals surface area contributed by atoms with Gasteiger partial charge in [0.2, 0.25) is 0 Å². The molecule has 0 unspecified atom stereocenters. The molecule has 170 valence electrons. The van der Waals surface area contributed by atoms with Gasteiger partial charge in [0, 0.05) is 56.4 Å². The van der Waals surface area contributed by atoms with E-state index in [2.05, 4.69) is 20.6 Å². The van der Waals surface area contributed by atoms with Gasteiger partial charge in [-0.25, -0.2) is 9.37 Å². The van der Waals surface area contributed by atoms with Crippen molar-refractivity contribution in [1.29, 1.82) is 0 Å². The van der Waals surface area contributed by atoms with Gasteiger partial charge in [-0.05, 0) is 31.6 Å². The molecule has 1 saturated heterocycles. The van der Waals surface area contributed by atoms with E-state index in [0.717, 1.165) is 32.8 Å². The first-order valence-corrected chi connectivity index (χ1v) is 12.0. The first-order chi connectivity index (χ1) is 15.1. The third kappa shape index (κ3) is 6.20. The lowest BCUT2D eigenvalue weighted by Crippen LogP contribution is -2.45. The SMILES string of the molecule is CN(Nc1nccs1)Oc1cc(Cl)c(NCC2CCC(N3CCOCC3)CC2)cc1F. The number of hydroxylamine groups is 1. The molecule has 1 aliphatic heterocycles. The first kappa shape index (κ1) is 22.5. The lowest BCUT2D eigenvalue weighted by atomic mass is 9.85. The summed E-state index contributed by atoms with van der Waals surface area (Å²) in [5, 5.41) is 7.55. The molecule has 0 spiro atoms. The molecule has 4 rings (SSSR count). The maximum Gasteiger partial charge on any atom is 0.199 e. The highest BCUT2D eigenvalue weighted by Gasteiger charge is 2.27. The van der Waals surface area contributed by atoms with E-state index in [1.165, 1.54) is 54.3 Å². The molecule has 10 heteroatoms. The summed E-state index contributed by atoms with van der Waals surface area (Å²) < 4.78 is 20.0. The second-order valence-electron chi connectivity index (χ2n) is 8.00.